The summed E-state index contributed by atoms with van der Waals surface area (Å²) in [6.07, 6.45) is 4.03. The molecule has 0 radical (unpaired) electrons. The molecule has 4 rings (SSSR count). The monoisotopic (exact) mass is 365 g/mol. The smallest absolute Gasteiger partial charge is 0.325 e. The first-order valence-corrected chi connectivity index (χ1v) is 9.95. The van der Waals surface area contributed by atoms with Crippen molar-refractivity contribution in [3.8, 4) is 0 Å². The lowest BCUT2D eigenvalue weighted by Crippen LogP contribution is -2.58. The number of thioether (sulfide) groups is 1. The number of carboxylic acids is 1. The Balaban J connectivity index is 1.84. The van der Waals surface area contributed by atoms with E-state index in [0.717, 1.165) is 28.5 Å². The molecule has 3 aliphatic carbocycles. The summed E-state index contributed by atoms with van der Waals surface area (Å²) in [4.78, 5) is 24.1. The Bertz CT molecular complexity index is 731. The SMILES string of the molecule is CCSc1c(N[C@@H]2C[C@H]3C[C@H]([C@@H]2C)C3(C)C)cnn(CC(=O)O)c1=O. The molecule has 0 unspecified atom stereocenters. The Morgan fingerprint density at radius 3 is 2.76 bits per heavy atom. The number of hydrogen-bond donors (Lipinski definition) is 2. The van der Waals surface area contributed by atoms with Crippen LogP contribution in [-0.4, -0.2) is 32.7 Å². The first-order valence-electron chi connectivity index (χ1n) is 8.97. The highest BCUT2D eigenvalue weighted by atomic mass is 32.2. The van der Waals surface area contributed by atoms with Crippen LogP contribution in [0.3, 0.4) is 0 Å². The molecule has 2 bridgehead atoms. The molecule has 0 spiro atoms. The molecule has 3 saturated carbocycles. The van der Waals surface area contributed by atoms with E-state index in [9.17, 15) is 9.59 Å². The van der Waals surface area contributed by atoms with Crippen molar-refractivity contribution >= 4 is 23.4 Å². The Labute approximate surface area is 152 Å². The molecule has 0 aromatic carbocycles. The lowest BCUT2D eigenvalue weighted by Gasteiger charge is -2.62. The van der Waals surface area contributed by atoms with Crippen LogP contribution in [0, 0.1) is 23.2 Å². The Hall–Kier alpha value is -1.50. The van der Waals surface area contributed by atoms with E-state index in [4.69, 9.17) is 5.11 Å². The molecular weight excluding hydrogens is 338 g/mol. The lowest BCUT2D eigenvalue weighted by molar-refractivity contribution is -0.138. The van der Waals surface area contributed by atoms with E-state index in [2.05, 4.69) is 31.2 Å². The van der Waals surface area contributed by atoms with Crippen LogP contribution >= 0.6 is 11.8 Å². The third-order valence-electron chi connectivity index (χ3n) is 6.27. The first kappa shape index (κ1) is 18.3. The van der Waals surface area contributed by atoms with Gasteiger partial charge in [0.1, 0.15) is 6.54 Å². The number of nitrogens with zero attached hydrogens (tertiary/aromatic N) is 2. The largest absolute Gasteiger partial charge is 0.480 e. The van der Waals surface area contributed by atoms with Gasteiger partial charge in [-0.15, -0.1) is 11.8 Å². The van der Waals surface area contributed by atoms with Gasteiger partial charge in [0.05, 0.1) is 16.8 Å². The summed E-state index contributed by atoms with van der Waals surface area (Å²) >= 11 is 1.44. The minimum Gasteiger partial charge on any atom is -0.480 e. The summed E-state index contributed by atoms with van der Waals surface area (Å²) in [5, 5.41) is 16.6. The normalized spacial score (nSPS) is 29.8. The Morgan fingerprint density at radius 1 is 1.48 bits per heavy atom. The van der Waals surface area contributed by atoms with Crippen LogP contribution in [0.2, 0.25) is 0 Å². The minimum atomic E-state index is -1.06. The number of nitrogens with one attached hydrogen (secondary N) is 1. The molecule has 1 aromatic heterocycles. The van der Waals surface area contributed by atoms with Crippen LogP contribution in [0.4, 0.5) is 5.69 Å². The van der Waals surface area contributed by atoms with E-state index < -0.39 is 12.5 Å². The molecule has 1 aromatic rings. The zero-order valence-electron chi connectivity index (χ0n) is 15.3. The second-order valence-electron chi connectivity index (χ2n) is 7.88. The van der Waals surface area contributed by atoms with Crippen molar-refractivity contribution in [2.24, 2.45) is 23.2 Å². The predicted molar refractivity (Wildman–Crippen MR) is 99.1 cm³/mol. The van der Waals surface area contributed by atoms with Crippen LogP contribution in [0.15, 0.2) is 15.9 Å². The fourth-order valence-corrected chi connectivity index (χ4v) is 5.42. The maximum atomic E-state index is 12.6. The van der Waals surface area contributed by atoms with Gasteiger partial charge in [-0.2, -0.15) is 5.10 Å². The van der Waals surface area contributed by atoms with E-state index in [1.807, 2.05) is 6.92 Å². The summed E-state index contributed by atoms with van der Waals surface area (Å²) in [5.41, 5.74) is 0.838. The van der Waals surface area contributed by atoms with Crippen LogP contribution in [0.1, 0.15) is 40.5 Å². The zero-order chi connectivity index (χ0) is 18.4. The molecular formula is C18H27N3O3S. The summed E-state index contributed by atoms with van der Waals surface area (Å²) < 4.78 is 1.02. The summed E-state index contributed by atoms with van der Waals surface area (Å²) in [6, 6.07) is 0.338. The van der Waals surface area contributed by atoms with Crippen molar-refractivity contribution in [3.05, 3.63) is 16.6 Å². The predicted octanol–water partition coefficient (Wildman–Crippen LogP) is 2.92. The number of rotatable bonds is 6. The molecule has 0 amide bonds. The highest BCUT2D eigenvalue weighted by Gasteiger charge is 2.56. The number of aromatic nitrogens is 2. The van der Waals surface area contributed by atoms with Crippen molar-refractivity contribution in [1.82, 2.24) is 9.78 Å². The highest BCUT2D eigenvalue weighted by molar-refractivity contribution is 7.99. The summed E-state index contributed by atoms with van der Waals surface area (Å²) in [5.74, 6) is 1.67. The van der Waals surface area contributed by atoms with Gasteiger partial charge >= 0.3 is 5.97 Å². The van der Waals surface area contributed by atoms with E-state index in [0.29, 0.717) is 28.2 Å². The summed E-state index contributed by atoms with van der Waals surface area (Å²) in [7, 11) is 0. The van der Waals surface area contributed by atoms with E-state index in [1.54, 1.807) is 6.20 Å². The van der Waals surface area contributed by atoms with Crippen LogP contribution < -0.4 is 10.9 Å². The topological polar surface area (TPSA) is 84.2 Å². The number of anilines is 1. The van der Waals surface area contributed by atoms with E-state index >= 15 is 0 Å². The number of fused-ring (bicyclic) bond motifs is 2. The molecule has 1 heterocycles. The second-order valence-corrected chi connectivity index (χ2v) is 9.16. The molecule has 4 atom stereocenters. The number of aliphatic carboxylic acids is 1. The fourth-order valence-electron chi connectivity index (χ4n) is 4.64. The van der Waals surface area contributed by atoms with Crippen molar-refractivity contribution in [1.29, 1.82) is 0 Å². The van der Waals surface area contributed by atoms with Crippen LogP contribution in [0.25, 0.3) is 0 Å². The first-order chi connectivity index (χ1) is 11.8. The summed E-state index contributed by atoms with van der Waals surface area (Å²) in [6.45, 7) is 8.60. The quantitative estimate of drug-likeness (QED) is 0.754. The van der Waals surface area contributed by atoms with Gasteiger partial charge in [0.2, 0.25) is 0 Å². The third-order valence-corrected chi connectivity index (χ3v) is 7.24. The molecule has 6 nitrogen and oxygen atoms in total. The van der Waals surface area contributed by atoms with Gasteiger partial charge in [0, 0.05) is 6.04 Å². The van der Waals surface area contributed by atoms with Crippen molar-refractivity contribution in [3.63, 3.8) is 0 Å². The van der Waals surface area contributed by atoms with Crippen molar-refractivity contribution in [2.75, 3.05) is 11.1 Å². The van der Waals surface area contributed by atoms with Crippen molar-refractivity contribution < 1.29 is 9.90 Å². The number of carboxylic acid groups (broad SMARTS) is 1. The molecule has 0 saturated heterocycles. The third kappa shape index (κ3) is 3.18. The molecule has 7 heteroatoms. The molecule has 138 valence electrons. The average molecular weight is 365 g/mol. The molecule has 0 aliphatic heterocycles. The minimum absolute atomic E-state index is 0.326. The molecule has 3 fully saturated rings. The molecule has 3 aliphatic rings. The van der Waals surface area contributed by atoms with Crippen molar-refractivity contribution in [2.45, 2.75) is 58.0 Å². The number of hydrogen-bond acceptors (Lipinski definition) is 5. The van der Waals surface area contributed by atoms with Gasteiger partial charge in [-0.3, -0.25) is 9.59 Å². The average Bonchev–Trinajstić information content (AvgIpc) is 2.54. The zero-order valence-corrected chi connectivity index (χ0v) is 16.1. The molecule has 25 heavy (non-hydrogen) atoms. The maximum Gasteiger partial charge on any atom is 0.325 e. The molecule has 2 N–H and O–H groups in total. The standard InChI is InChI=1S/C18H27N3O3S/c1-5-25-16-14(8-19-21(17(16)24)9-15(22)23)20-13-7-11-6-12(10(13)2)18(11,3)4/h8,10-13,20H,5-7,9H2,1-4H3,(H,22,23)/t10-,11+,12+,13+/m0/s1. The van der Waals surface area contributed by atoms with Gasteiger partial charge in [-0.1, -0.05) is 27.7 Å². The van der Waals surface area contributed by atoms with Gasteiger partial charge in [0.15, 0.2) is 0 Å². The van der Waals surface area contributed by atoms with Gasteiger partial charge < -0.3 is 10.4 Å². The fraction of sp³-hybridized carbons (Fsp3) is 0.722. The number of carbonyl (C=O) groups is 1. The Kier molecular flexibility index (Phi) is 4.88. The lowest BCUT2D eigenvalue weighted by atomic mass is 9.45. The second kappa shape index (κ2) is 6.67. The Morgan fingerprint density at radius 2 is 2.20 bits per heavy atom. The van der Waals surface area contributed by atoms with Gasteiger partial charge in [-0.25, -0.2) is 4.68 Å². The maximum absolute atomic E-state index is 12.6. The highest BCUT2D eigenvalue weighted by Crippen LogP contribution is 2.61. The van der Waals surface area contributed by atoms with E-state index in [-0.39, 0.29) is 5.56 Å². The van der Waals surface area contributed by atoms with E-state index in [1.165, 1.54) is 18.2 Å². The van der Waals surface area contributed by atoms with Crippen LogP contribution in [-0.2, 0) is 11.3 Å². The van der Waals surface area contributed by atoms with Crippen LogP contribution in [0.5, 0.6) is 0 Å². The van der Waals surface area contributed by atoms with Gasteiger partial charge in [-0.05, 0) is 41.8 Å². The van der Waals surface area contributed by atoms with Gasteiger partial charge in [0.25, 0.3) is 5.56 Å².